The lowest BCUT2D eigenvalue weighted by Gasteiger charge is -2.18. The Labute approximate surface area is 104 Å². The first kappa shape index (κ1) is 14.1. The number of halogens is 2. The smallest absolute Gasteiger partial charge is 0.244 e. The molecule has 0 unspecified atom stereocenters. The van der Waals surface area contributed by atoms with E-state index in [9.17, 15) is 18.4 Å². The summed E-state index contributed by atoms with van der Waals surface area (Å²) in [7, 11) is 0. The molecule has 0 fully saturated rings. The molecule has 0 saturated heterocycles. The number of carbonyl (C=O) groups excluding carboxylic acids is 2. The average molecular weight is 256 g/mol. The lowest BCUT2D eigenvalue weighted by atomic mass is 10.3. The van der Waals surface area contributed by atoms with Crippen LogP contribution in [0.2, 0.25) is 0 Å². The molecule has 1 aromatic rings. The molecule has 0 aromatic heterocycles. The van der Waals surface area contributed by atoms with Crippen LogP contribution < -0.4 is 5.32 Å². The van der Waals surface area contributed by atoms with Gasteiger partial charge < -0.3 is 10.2 Å². The molecule has 2 amide bonds. The maximum atomic E-state index is 13.3. The Kier molecular flexibility index (Phi) is 4.76. The molecular weight excluding hydrogens is 242 g/mol. The second-order valence-corrected chi connectivity index (χ2v) is 3.68. The Hall–Kier alpha value is -1.98. The monoisotopic (exact) mass is 256 g/mol. The third-order valence-corrected chi connectivity index (χ3v) is 2.39. The number of anilines is 1. The van der Waals surface area contributed by atoms with Crippen molar-refractivity contribution in [2.75, 3.05) is 18.4 Å². The predicted octanol–water partition coefficient (Wildman–Crippen LogP) is 1.77. The second kappa shape index (κ2) is 6.09. The zero-order chi connectivity index (χ0) is 13.7. The van der Waals surface area contributed by atoms with Gasteiger partial charge in [-0.2, -0.15) is 0 Å². The highest BCUT2D eigenvalue weighted by Gasteiger charge is 2.15. The summed E-state index contributed by atoms with van der Waals surface area (Å²) in [6, 6.07) is 3.29. The standard InChI is InChI=1S/C12H14F2N2O2/c1-3-16(8(2)17)7-11(18)15-12-9(13)5-4-6-10(12)14/h4-6H,3,7H2,1-2H3,(H,15,18). The Morgan fingerprint density at radius 1 is 1.28 bits per heavy atom. The Morgan fingerprint density at radius 2 is 1.83 bits per heavy atom. The fourth-order valence-corrected chi connectivity index (χ4v) is 1.42. The van der Waals surface area contributed by atoms with Gasteiger partial charge in [-0.1, -0.05) is 6.07 Å². The molecule has 0 aliphatic carbocycles. The first-order valence-electron chi connectivity index (χ1n) is 5.45. The SMILES string of the molecule is CCN(CC(=O)Nc1c(F)cccc1F)C(C)=O. The normalized spacial score (nSPS) is 10.0. The minimum absolute atomic E-state index is 0.237. The van der Waals surface area contributed by atoms with E-state index in [2.05, 4.69) is 5.32 Å². The topological polar surface area (TPSA) is 49.4 Å². The van der Waals surface area contributed by atoms with Crippen LogP contribution in [0.5, 0.6) is 0 Å². The number of hydrogen-bond donors (Lipinski definition) is 1. The molecule has 0 radical (unpaired) electrons. The number of likely N-dealkylation sites (N-methyl/N-ethyl adjacent to an activating group) is 1. The number of para-hydroxylation sites is 1. The van der Waals surface area contributed by atoms with E-state index in [-0.39, 0.29) is 12.5 Å². The van der Waals surface area contributed by atoms with Crippen molar-refractivity contribution in [3.05, 3.63) is 29.8 Å². The van der Waals surface area contributed by atoms with Crippen molar-refractivity contribution in [3.8, 4) is 0 Å². The molecule has 6 heteroatoms. The number of rotatable bonds is 4. The van der Waals surface area contributed by atoms with Crippen molar-refractivity contribution < 1.29 is 18.4 Å². The Balaban J connectivity index is 2.73. The van der Waals surface area contributed by atoms with Crippen LogP contribution in [0, 0.1) is 11.6 Å². The van der Waals surface area contributed by atoms with Gasteiger partial charge in [0.05, 0.1) is 6.54 Å². The van der Waals surface area contributed by atoms with Gasteiger partial charge in [-0.05, 0) is 19.1 Å². The van der Waals surface area contributed by atoms with E-state index < -0.39 is 23.2 Å². The quantitative estimate of drug-likeness (QED) is 0.892. The van der Waals surface area contributed by atoms with Crippen molar-refractivity contribution in [1.29, 1.82) is 0 Å². The summed E-state index contributed by atoms with van der Waals surface area (Å²) in [4.78, 5) is 23.9. The minimum atomic E-state index is -0.853. The maximum absolute atomic E-state index is 13.3. The predicted molar refractivity (Wildman–Crippen MR) is 62.9 cm³/mol. The van der Waals surface area contributed by atoms with E-state index in [1.807, 2.05) is 0 Å². The summed E-state index contributed by atoms with van der Waals surface area (Å²) >= 11 is 0. The summed E-state index contributed by atoms with van der Waals surface area (Å²) in [5.41, 5.74) is -0.498. The third kappa shape index (κ3) is 3.51. The van der Waals surface area contributed by atoms with Crippen LogP contribution in [0.3, 0.4) is 0 Å². The van der Waals surface area contributed by atoms with Crippen LogP contribution in [-0.4, -0.2) is 29.8 Å². The lowest BCUT2D eigenvalue weighted by molar-refractivity contribution is -0.132. The van der Waals surface area contributed by atoms with Gasteiger partial charge in [0.2, 0.25) is 11.8 Å². The summed E-state index contributed by atoms with van der Waals surface area (Å²) in [5.74, 6) is -2.62. The molecule has 0 saturated carbocycles. The molecule has 0 aliphatic rings. The molecule has 0 bridgehead atoms. The summed E-state index contributed by atoms with van der Waals surface area (Å²) in [5, 5.41) is 2.12. The molecule has 4 nitrogen and oxygen atoms in total. The van der Waals surface area contributed by atoms with Crippen LogP contribution in [-0.2, 0) is 9.59 Å². The molecule has 0 aliphatic heterocycles. The van der Waals surface area contributed by atoms with Crippen LogP contribution >= 0.6 is 0 Å². The molecular formula is C12H14F2N2O2. The molecule has 1 aromatic carbocycles. The molecule has 1 rings (SSSR count). The van der Waals surface area contributed by atoms with Gasteiger partial charge in [0.15, 0.2) is 0 Å². The highest BCUT2D eigenvalue weighted by molar-refractivity contribution is 5.94. The van der Waals surface area contributed by atoms with Gasteiger partial charge in [-0.3, -0.25) is 9.59 Å². The first-order chi connectivity index (χ1) is 8.45. The first-order valence-corrected chi connectivity index (χ1v) is 5.45. The zero-order valence-corrected chi connectivity index (χ0v) is 10.2. The highest BCUT2D eigenvalue weighted by atomic mass is 19.1. The van der Waals surface area contributed by atoms with Crippen molar-refractivity contribution in [3.63, 3.8) is 0 Å². The van der Waals surface area contributed by atoms with E-state index in [0.717, 1.165) is 12.1 Å². The fraction of sp³-hybridized carbons (Fsp3) is 0.333. The highest BCUT2D eigenvalue weighted by Crippen LogP contribution is 2.17. The van der Waals surface area contributed by atoms with E-state index in [0.29, 0.717) is 6.54 Å². The summed E-state index contributed by atoms with van der Waals surface area (Å²) in [6.07, 6.45) is 0. The third-order valence-electron chi connectivity index (χ3n) is 2.39. The summed E-state index contributed by atoms with van der Waals surface area (Å²) in [6.45, 7) is 3.14. The Morgan fingerprint density at radius 3 is 2.28 bits per heavy atom. The van der Waals surface area contributed by atoms with E-state index >= 15 is 0 Å². The van der Waals surface area contributed by atoms with Crippen LogP contribution in [0.4, 0.5) is 14.5 Å². The minimum Gasteiger partial charge on any atom is -0.334 e. The van der Waals surface area contributed by atoms with Crippen LogP contribution in [0.15, 0.2) is 18.2 Å². The van der Waals surface area contributed by atoms with Gasteiger partial charge in [0.1, 0.15) is 17.3 Å². The summed E-state index contributed by atoms with van der Waals surface area (Å²) < 4.78 is 26.5. The van der Waals surface area contributed by atoms with E-state index in [1.165, 1.54) is 17.9 Å². The number of nitrogens with one attached hydrogen (secondary N) is 1. The molecule has 1 N–H and O–H groups in total. The number of hydrogen-bond acceptors (Lipinski definition) is 2. The van der Waals surface area contributed by atoms with Crippen molar-refractivity contribution in [1.82, 2.24) is 4.90 Å². The van der Waals surface area contributed by atoms with Gasteiger partial charge in [0.25, 0.3) is 0 Å². The van der Waals surface area contributed by atoms with Gasteiger partial charge in [0, 0.05) is 13.5 Å². The number of nitrogens with zero attached hydrogens (tertiary/aromatic N) is 1. The van der Waals surface area contributed by atoms with E-state index in [4.69, 9.17) is 0 Å². The van der Waals surface area contributed by atoms with Crippen molar-refractivity contribution in [2.24, 2.45) is 0 Å². The van der Waals surface area contributed by atoms with Gasteiger partial charge in [-0.25, -0.2) is 8.78 Å². The Bertz CT molecular complexity index is 443. The average Bonchev–Trinajstić information content (AvgIpc) is 2.30. The zero-order valence-electron chi connectivity index (χ0n) is 10.2. The molecule has 0 heterocycles. The second-order valence-electron chi connectivity index (χ2n) is 3.68. The maximum Gasteiger partial charge on any atom is 0.244 e. The van der Waals surface area contributed by atoms with Crippen molar-refractivity contribution >= 4 is 17.5 Å². The molecule has 98 valence electrons. The number of amides is 2. The number of benzene rings is 1. The van der Waals surface area contributed by atoms with Gasteiger partial charge in [-0.15, -0.1) is 0 Å². The lowest BCUT2D eigenvalue weighted by Crippen LogP contribution is -2.36. The van der Waals surface area contributed by atoms with Crippen LogP contribution in [0.25, 0.3) is 0 Å². The van der Waals surface area contributed by atoms with Crippen LogP contribution in [0.1, 0.15) is 13.8 Å². The van der Waals surface area contributed by atoms with Gasteiger partial charge >= 0.3 is 0 Å². The number of carbonyl (C=O) groups is 2. The molecule has 0 atom stereocenters. The largest absolute Gasteiger partial charge is 0.334 e. The van der Waals surface area contributed by atoms with E-state index in [1.54, 1.807) is 6.92 Å². The molecule has 0 spiro atoms. The molecule has 18 heavy (non-hydrogen) atoms. The van der Waals surface area contributed by atoms with Crippen molar-refractivity contribution in [2.45, 2.75) is 13.8 Å². The fourth-order valence-electron chi connectivity index (χ4n) is 1.42.